The third kappa shape index (κ3) is 2.23. The quantitative estimate of drug-likeness (QED) is 0.782. The second-order valence-corrected chi connectivity index (χ2v) is 4.40. The number of hydrogen-bond donors (Lipinski definition) is 1. The van der Waals surface area contributed by atoms with E-state index in [-0.39, 0.29) is 11.9 Å². The van der Waals surface area contributed by atoms with E-state index in [1.807, 2.05) is 25.1 Å². The Labute approximate surface area is 115 Å². The van der Waals surface area contributed by atoms with Gasteiger partial charge in [-0.3, -0.25) is 9.78 Å². The van der Waals surface area contributed by atoms with Crippen molar-refractivity contribution in [3.63, 3.8) is 0 Å². The molecule has 1 atom stereocenters. The Morgan fingerprint density at radius 3 is 2.90 bits per heavy atom. The fraction of sp³-hybridized carbons (Fsp3) is 0.143. The Balaban J connectivity index is 1.83. The van der Waals surface area contributed by atoms with E-state index < -0.39 is 0 Å². The Hall–Kier alpha value is -2.76. The molecule has 3 aromatic heterocycles. The van der Waals surface area contributed by atoms with E-state index in [1.165, 1.54) is 6.20 Å². The number of amides is 1. The highest BCUT2D eigenvalue weighted by atomic mass is 16.1. The van der Waals surface area contributed by atoms with Crippen LogP contribution in [-0.2, 0) is 0 Å². The summed E-state index contributed by atoms with van der Waals surface area (Å²) in [5.74, 6) is -0.211. The smallest absolute Gasteiger partial charge is 0.257 e. The summed E-state index contributed by atoms with van der Waals surface area (Å²) in [4.78, 5) is 20.7. The van der Waals surface area contributed by atoms with Crippen molar-refractivity contribution in [2.24, 2.45) is 0 Å². The van der Waals surface area contributed by atoms with Gasteiger partial charge in [-0.25, -0.2) is 9.50 Å². The van der Waals surface area contributed by atoms with Crippen LogP contribution in [0.5, 0.6) is 0 Å². The van der Waals surface area contributed by atoms with Gasteiger partial charge in [-0.2, -0.15) is 5.10 Å². The molecule has 0 radical (unpaired) electrons. The van der Waals surface area contributed by atoms with Crippen molar-refractivity contribution < 1.29 is 4.79 Å². The second-order valence-electron chi connectivity index (χ2n) is 4.40. The van der Waals surface area contributed by atoms with Crippen LogP contribution in [0.1, 0.15) is 29.0 Å². The van der Waals surface area contributed by atoms with E-state index in [4.69, 9.17) is 0 Å². The van der Waals surface area contributed by atoms with Crippen LogP contribution in [0.2, 0.25) is 0 Å². The predicted octanol–water partition coefficient (Wildman–Crippen LogP) is 1.62. The van der Waals surface area contributed by atoms with Gasteiger partial charge in [0.1, 0.15) is 5.56 Å². The summed E-state index contributed by atoms with van der Waals surface area (Å²) in [5.41, 5.74) is 1.80. The molecule has 3 aromatic rings. The molecule has 3 heterocycles. The first-order chi connectivity index (χ1) is 9.75. The molecule has 6 nitrogen and oxygen atoms in total. The monoisotopic (exact) mass is 267 g/mol. The molecule has 0 spiro atoms. The molecule has 3 rings (SSSR count). The average Bonchev–Trinajstić information content (AvgIpc) is 2.92. The van der Waals surface area contributed by atoms with Gasteiger partial charge >= 0.3 is 0 Å². The molecular weight excluding hydrogens is 254 g/mol. The number of hydrogen-bond acceptors (Lipinski definition) is 4. The molecular formula is C14H13N5O. The Morgan fingerprint density at radius 2 is 2.10 bits per heavy atom. The van der Waals surface area contributed by atoms with Crippen LogP contribution in [-0.4, -0.2) is 25.5 Å². The molecule has 20 heavy (non-hydrogen) atoms. The van der Waals surface area contributed by atoms with Crippen LogP contribution in [0.15, 0.2) is 49.1 Å². The van der Waals surface area contributed by atoms with E-state index in [2.05, 4.69) is 20.4 Å². The maximum atomic E-state index is 12.3. The molecule has 0 aromatic carbocycles. The number of nitrogens with zero attached hydrogens (tertiary/aromatic N) is 4. The number of carbonyl (C=O) groups excluding carboxylic acids is 1. The lowest BCUT2D eigenvalue weighted by atomic mass is 10.2. The molecule has 1 amide bonds. The van der Waals surface area contributed by atoms with Gasteiger partial charge in [0.05, 0.1) is 17.9 Å². The van der Waals surface area contributed by atoms with Crippen molar-refractivity contribution in [2.45, 2.75) is 13.0 Å². The van der Waals surface area contributed by atoms with Crippen molar-refractivity contribution in [3.05, 3.63) is 60.3 Å². The van der Waals surface area contributed by atoms with E-state index in [0.717, 1.165) is 5.69 Å². The lowest BCUT2D eigenvalue weighted by molar-refractivity contribution is 0.0940. The topological polar surface area (TPSA) is 72.2 Å². The third-order valence-corrected chi connectivity index (χ3v) is 3.00. The molecule has 0 aliphatic rings. The van der Waals surface area contributed by atoms with Crippen LogP contribution in [0, 0.1) is 0 Å². The van der Waals surface area contributed by atoms with Gasteiger partial charge < -0.3 is 5.32 Å². The zero-order chi connectivity index (χ0) is 13.9. The lowest BCUT2D eigenvalue weighted by Crippen LogP contribution is -2.27. The van der Waals surface area contributed by atoms with E-state index in [9.17, 15) is 4.79 Å². The molecule has 0 aliphatic carbocycles. The molecule has 1 N–H and O–H groups in total. The zero-order valence-electron chi connectivity index (χ0n) is 10.9. The van der Waals surface area contributed by atoms with Crippen LogP contribution in [0.3, 0.4) is 0 Å². The van der Waals surface area contributed by atoms with E-state index in [1.54, 1.807) is 29.2 Å². The van der Waals surface area contributed by atoms with Crippen LogP contribution >= 0.6 is 0 Å². The Bertz CT molecular complexity index is 737. The van der Waals surface area contributed by atoms with Gasteiger partial charge in [-0.15, -0.1) is 0 Å². The summed E-state index contributed by atoms with van der Waals surface area (Å²) in [5, 5.41) is 6.99. The summed E-state index contributed by atoms with van der Waals surface area (Å²) < 4.78 is 1.57. The van der Waals surface area contributed by atoms with Gasteiger partial charge in [0.15, 0.2) is 5.65 Å². The summed E-state index contributed by atoms with van der Waals surface area (Å²) in [6.07, 6.45) is 6.61. The summed E-state index contributed by atoms with van der Waals surface area (Å²) in [6.45, 7) is 1.89. The first-order valence-corrected chi connectivity index (χ1v) is 6.26. The fourth-order valence-corrected chi connectivity index (χ4v) is 1.97. The van der Waals surface area contributed by atoms with Crippen molar-refractivity contribution in [3.8, 4) is 0 Å². The lowest BCUT2D eigenvalue weighted by Gasteiger charge is -2.12. The van der Waals surface area contributed by atoms with Crippen LogP contribution in [0.25, 0.3) is 5.65 Å². The maximum Gasteiger partial charge on any atom is 0.257 e. The molecule has 0 unspecified atom stereocenters. The number of rotatable bonds is 3. The van der Waals surface area contributed by atoms with Crippen LogP contribution < -0.4 is 5.32 Å². The highest BCUT2D eigenvalue weighted by Crippen LogP contribution is 2.12. The summed E-state index contributed by atoms with van der Waals surface area (Å²) in [7, 11) is 0. The van der Waals surface area contributed by atoms with Crippen molar-refractivity contribution in [1.82, 2.24) is 24.9 Å². The molecule has 0 aliphatic heterocycles. The predicted molar refractivity (Wildman–Crippen MR) is 73.1 cm³/mol. The third-order valence-electron chi connectivity index (χ3n) is 3.00. The highest BCUT2D eigenvalue weighted by molar-refractivity contribution is 5.99. The molecule has 6 heteroatoms. The first kappa shape index (κ1) is 12.3. The number of carbonyl (C=O) groups is 1. The van der Waals surface area contributed by atoms with Crippen molar-refractivity contribution in [1.29, 1.82) is 0 Å². The number of fused-ring (bicyclic) bond motifs is 1. The largest absolute Gasteiger partial charge is 0.344 e. The standard InChI is InChI=1S/C14H13N5O/c1-10(12-5-2-3-6-15-12)18-14(20)11-9-17-19-8-4-7-16-13(11)19/h2-10H,1H3,(H,18,20)/t10-/m1/s1. The molecule has 0 bridgehead atoms. The minimum Gasteiger partial charge on any atom is -0.344 e. The minimum atomic E-state index is -0.211. The average molecular weight is 267 g/mol. The van der Waals surface area contributed by atoms with Gasteiger partial charge in [0.25, 0.3) is 5.91 Å². The van der Waals surface area contributed by atoms with Gasteiger partial charge in [-0.05, 0) is 25.1 Å². The van der Waals surface area contributed by atoms with Gasteiger partial charge in [0, 0.05) is 18.6 Å². The SMILES string of the molecule is C[C@@H](NC(=O)c1cnn2cccnc12)c1ccccn1. The van der Waals surface area contributed by atoms with E-state index in [0.29, 0.717) is 11.2 Å². The normalized spacial score (nSPS) is 12.2. The van der Waals surface area contributed by atoms with Crippen molar-refractivity contribution >= 4 is 11.6 Å². The van der Waals surface area contributed by atoms with Crippen LogP contribution in [0.4, 0.5) is 0 Å². The molecule has 0 fully saturated rings. The minimum absolute atomic E-state index is 0.178. The molecule has 0 saturated heterocycles. The Kier molecular flexibility index (Phi) is 3.12. The first-order valence-electron chi connectivity index (χ1n) is 6.26. The van der Waals surface area contributed by atoms with E-state index >= 15 is 0 Å². The highest BCUT2D eigenvalue weighted by Gasteiger charge is 2.16. The fourth-order valence-electron chi connectivity index (χ4n) is 1.97. The van der Waals surface area contributed by atoms with Gasteiger partial charge in [-0.1, -0.05) is 6.07 Å². The van der Waals surface area contributed by atoms with Crippen molar-refractivity contribution in [2.75, 3.05) is 0 Å². The Morgan fingerprint density at radius 1 is 1.25 bits per heavy atom. The second kappa shape index (κ2) is 5.08. The summed E-state index contributed by atoms with van der Waals surface area (Å²) in [6, 6.07) is 7.19. The number of nitrogens with one attached hydrogen (secondary N) is 1. The summed E-state index contributed by atoms with van der Waals surface area (Å²) >= 11 is 0. The molecule has 0 saturated carbocycles. The van der Waals surface area contributed by atoms with Gasteiger partial charge in [0.2, 0.25) is 0 Å². The number of aromatic nitrogens is 4. The number of pyridine rings is 1. The zero-order valence-corrected chi connectivity index (χ0v) is 10.9. The molecule has 100 valence electrons. The maximum absolute atomic E-state index is 12.3.